The van der Waals surface area contributed by atoms with E-state index in [1.54, 1.807) is 0 Å². The molecule has 1 aromatic rings. The summed E-state index contributed by atoms with van der Waals surface area (Å²) in [5.41, 5.74) is 1.19. The van der Waals surface area contributed by atoms with Crippen LogP contribution in [0, 0.1) is 0 Å². The number of hydrogen-bond donors (Lipinski definition) is 2. The molecule has 2 atom stereocenters. The van der Waals surface area contributed by atoms with Crippen LogP contribution in [0.4, 0.5) is 5.69 Å². The molecule has 100 valence electrons. The van der Waals surface area contributed by atoms with Gasteiger partial charge in [0.05, 0.1) is 13.2 Å². The number of benzene rings is 1. The van der Waals surface area contributed by atoms with Gasteiger partial charge in [-0.2, -0.15) is 0 Å². The van der Waals surface area contributed by atoms with Crippen LogP contribution in [0.5, 0.6) is 5.75 Å². The number of piperazine rings is 1. The zero-order chi connectivity index (χ0) is 13.0. The zero-order valence-corrected chi connectivity index (χ0v) is 11.1. The summed E-state index contributed by atoms with van der Waals surface area (Å²) in [6.45, 7) is 6.79. The van der Waals surface area contributed by atoms with Crippen LogP contribution in [0.2, 0.25) is 0 Å². The highest BCUT2D eigenvalue weighted by Gasteiger charge is 2.24. The van der Waals surface area contributed by atoms with Crippen molar-refractivity contribution in [1.82, 2.24) is 5.32 Å². The highest BCUT2D eigenvalue weighted by molar-refractivity contribution is 5.50. The minimum Gasteiger partial charge on any atom is -0.494 e. The van der Waals surface area contributed by atoms with Crippen LogP contribution in [0.25, 0.3) is 0 Å². The van der Waals surface area contributed by atoms with E-state index in [-0.39, 0.29) is 12.6 Å². The summed E-state index contributed by atoms with van der Waals surface area (Å²) >= 11 is 0. The van der Waals surface area contributed by atoms with Gasteiger partial charge < -0.3 is 20.1 Å². The van der Waals surface area contributed by atoms with Gasteiger partial charge in [-0.05, 0) is 38.1 Å². The van der Waals surface area contributed by atoms with E-state index in [1.165, 1.54) is 5.69 Å². The largest absolute Gasteiger partial charge is 0.494 e. The first-order valence-corrected chi connectivity index (χ1v) is 6.58. The molecule has 18 heavy (non-hydrogen) atoms. The number of anilines is 1. The van der Waals surface area contributed by atoms with Crippen molar-refractivity contribution in [1.29, 1.82) is 0 Å². The van der Waals surface area contributed by atoms with Crippen LogP contribution in [0.1, 0.15) is 13.8 Å². The minimum atomic E-state index is 0.160. The molecule has 1 aliphatic heterocycles. The lowest BCUT2D eigenvalue weighted by molar-refractivity contribution is 0.227. The fraction of sp³-hybridized carbons (Fsp3) is 0.571. The molecular weight excluding hydrogens is 228 g/mol. The first-order chi connectivity index (χ1) is 8.74. The Kier molecular flexibility index (Phi) is 4.44. The van der Waals surface area contributed by atoms with E-state index in [2.05, 4.69) is 29.3 Å². The quantitative estimate of drug-likeness (QED) is 0.844. The van der Waals surface area contributed by atoms with Crippen molar-refractivity contribution in [3.05, 3.63) is 24.3 Å². The van der Waals surface area contributed by atoms with Gasteiger partial charge in [0.25, 0.3) is 0 Å². The first kappa shape index (κ1) is 13.2. The second-order valence-corrected chi connectivity index (χ2v) is 4.72. The molecule has 4 heteroatoms. The van der Waals surface area contributed by atoms with Crippen molar-refractivity contribution < 1.29 is 9.84 Å². The highest BCUT2D eigenvalue weighted by Crippen LogP contribution is 2.23. The molecule has 1 aliphatic rings. The molecule has 1 saturated heterocycles. The van der Waals surface area contributed by atoms with Crippen LogP contribution in [0.15, 0.2) is 24.3 Å². The molecule has 4 nitrogen and oxygen atoms in total. The molecule has 1 aromatic carbocycles. The third-order valence-electron chi connectivity index (χ3n) is 3.35. The van der Waals surface area contributed by atoms with Crippen molar-refractivity contribution in [3.8, 4) is 5.75 Å². The standard InChI is InChI=1S/C14H22N2O2/c1-3-18-14-6-4-13(5-7-14)16-9-12(10-17)15-8-11(16)2/h4-7,11-12,15,17H,3,8-10H2,1-2H3. The molecule has 0 saturated carbocycles. The van der Waals surface area contributed by atoms with Gasteiger partial charge in [-0.25, -0.2) is 0 Å². The third-order valence-corrected chi connectivity index (χ3v) is 3.35. The number of hydrogen-bond acceptors (Lipinski definition) is 4. The van der Waals surface area contributed by atoms with E-state index in [1.807, 2.05) is 19.1 Å². The summed E-state index contributed by atoms with van der Waals surface area (Å²) in [6, 6.07) is 8.77. The highest BCUT2D eigenvalue weighted by atomic mass is 16.5. The monoisotopic (exact) mass is 250 g/mol. The molecule has 0 amide bonds. The van der Waals surface area contributed by atoms with Crippen LogP contribution >= 0.6 is 0 Å². The van der Waals surface area contributed by atoms with Gasteiger partial charge in [-0.3, -0.25) is 0 Å². The summed E-state index contributed by atoms with van der Waals surface area (Å²) < 4.78 is 5.45. The average Bonchev–Trinajstić information content (AvgIpc) is 2.41. The zero-order valence-electron chi connectivity index (χ0n) is 11.1. The van der Waals surface area contributed by atoms with E-state index in [0.29, 0.717) is 12.6 Å². The van der Waals surface area contributed by atoms with Gasteiger partial charge in [-0.15, -0.1) is 0 Å². The number of nitrogens with one attached hydrogen (secondary N) is 1. The minimum absolute atomic E-state index is 0.160. The second kappa shape index (κ2) is 6.07. The van der Waals surface area contributed by atoms with Crippen LogP contribution in [-0.4, -0.2) is 43.5 Å². The predicted octanol–water partition coefficient (Wildman–Crippen LogP) is 1.24. The van der Waals surface area contributed by atoms with Gasteiger partial charge in [0, 0.05) is 30.9 Å². The second-order valence-electron chi connectivity index (χ2n) is 4.72. The van der Waals surface area contributed by atoms with Crippen molar-refractivity contribution in [2.75, 3.05) is 31.2 Å². The van der Waals surface area contributed by atoms with E-state index in [0.717, 1.165) is 18.8 Å². The van der Waals surface area contributed by atoms with Crippen molar-refractivity contribution in [2.24, 2.45) is 0 Å². The summed E-state index contributed by atoms with van der Waals surface area (Å²) in [6.07, 6.45) is 0. The topological polar surface area (TPSA) is 44.7 Å². The Labute approximate surface area is 109 Å². The Morgan fingerprint density at radius 2 is 2.11 bits per heavy atom. The molecule has 2 rings (SSSR count). The average molecular weight is 250 g/mol. The lowest BCUT2D eigenvalue weighted by atomic mass is 10.1. The Balaban J connectivity index is 2.08. The van der Waals surface area contributed by atoms with Crippen molar-refractivity contribution in [2.45, 2.75) is 25.9 Å². The normalized spacial score (nSPS) is 24.1. The lowest BCUT2D eigenvalue weighted by Gasteiger charge is -2.39. The fourth-order valence-corrected chi connectivity index (χ4v) is 2.31. The molecular formula is C14H22N2O2. The summed E-state index contributed by atoms with van der Waals surface area (Å²) in [5.74, 6) is 0.905. The maximum atomic E-state index is 9.25. The first-order valence-electron chi connectivity index (χ1n) is 6.58. The van der Waals surface area contributed by atoms with E-state index in [9.17, 15) is 5.11 Å². The molecule has 1 heterocycles. The Bertz CT molecular complexity index is 367. The van der Waals surface area contributed by atoms with Crippen LogP contribution in [0.3, 0.4) is 0 Å². The van der Waals surface area contributed by atoms with Gasteiger partial charge in [-0.1, -0.05) is 0 Å². The SMILES string of the molecule is CCOc1ccc(N2CC(CO)NCC2C)cc1. The maximum absolute atomic E-state index is 9.25. The molecule has 2 N–H and O–H groups in total. The van der Waals surface area contributed by atoms with E-state index < -0.39 is 0 Å². The molecule has 0 aliphatic carbocycles. The molecule has 0 bridgehead atoms. The number of rotatable bonds is 4. The number of aliphatic hydroxyl groups is 1. The molecule has 2 unspecified atom stereocenters. The van der Waals surface area contributed by atoms with Gasteiger partial charge >= 0.3 is 0 Å². The van der Waals surface area contributed by atoms with E-state index >= 15 is 0 Å². The van der Waals surface area contributed by atoms with Crippen LogP contribution in [-0.2, 0) is 0 Å². The number of ether oxygens (including phenoxy) is 1. The molecule has 0 spiro atoms. The smallest absolute Gasteiger partial charge is 0.119 e. The Hall–Kier alpha value is -1.26. The number of aliphatic hydroxyl groups excluding tert-OH is 1. The van der Waals surface area contributed by atoms with Crippen LogP contribution < -0.4 is 15.0 Å². The summed E-state index contributed by atoms with van der Waals surface area (Å²) in [4.78, 5) is 2.33. The number of nitrogens with zero attached hydrogens (tertiary/aromatic N) is 1. The van der Waals surface area contributed by atoms with Gasteiger partial charge in [0.2, 0.25) is 0 Å². The Morgan fingerprint density at radius 1 is 1.39 bits per heavy atom. The third kappa shape index (κ3) is 2.94. The van der Waals surface area contributed by atoms with Gasteiger partial charge in [0.15, 0.2) is 0 Å². The van der Waals surface area contributed by atoms with Gasteiger partial charge in [0.1, 0.15) is 5.75 Å². The maximum Gasteiger partial charge on any atom is 0.119 e. The van der Waals surface area contributed by atoms with Crippen molar-refractivity contribution in [3.63, 3.8) is 0 Å². The lowest BCUT2D eigenvalue weighted by Crippen LogP contribution is -2.56. The summed E-state index contributed by atoms with van der Waals surface area (Å²) in [5, 5.41) is 12.6. The van der Waals surface area contributed by atoms with Crippen molar-refractivity contribution >= 4 is 5.69 Å². The fourth-order valence-electron chi connectivity index (χ4n) is 2.31. The molecule has 0 radical (unpaired) electrons. The summed E-state index contributed by atoms with van der Waals surface area (Å²) in [7, 11) is 0. The molecule has 0 aromatic heterocycles. The van der Waals surface area contributed by atoms with E-state index in [4.69, 9.17) is 4.74 Å². The molecule has 1 fully saturated rings. The predicted molar refractivity (Wildman–Crippen MR) is 73.3 cm³/mol. The Morgan fingerprint density at radius 3 is 2.72 bits per heavy atom.